The molecule has 4 aromatic rings. The number of aromatic nitrogens is 4. The van der Waals surface area contributed by atoms with Crippen LogP contribution >= 0.6 is 24.8 Å². The number of piperidine rings is 1. The highest BCUT2D eigenvalue weighted by atomic mass is 35.5. The molecule has 0 spiro atoms. The van der Waals surface area contributed by atoms with E-state index in [-0.39, 0.29) is 42.7 Å². The molecule has 3 heterocycles. The van der Waals surface area contributed by atoms with E-state index >= 15 is 0 Å². The van der Waals surface area contributed by atoms with Gasteiger partial charge in [0.25, 0.3) is 0 Å². The summed E-state index contributed by atoms with van der Waals surface area (Å²) in [4.78, 5) is 28.8. The average molecular weight is 658 g/mol. The normalized spacial score (nSPS) is 21.8. The maximum absolute atomic E-state index is 12.1. The minimum absolute atomic E-state index is 0. The van der Waals surface area contributed by atoms with Crippen molar-refractivity contribution < 1.29 is 15.0 Å². The van der Waals surface area contributed by atoms with Crippen molar-refractivity contribution in [2.75, 3.05) is 29.9 Å². The van der Waals surface area contributed by atoms with E-state index in [1.54, 1.807) is 13.3 Å². The molecule has 1 aliphatic heterocycles. The molecule has 1 saturated heterocycles. The Labute approximate surface area is 275 Å². The summed E-state index contributed by atoms with van der Waals surface area (Å²) in [5.41, 5.74) is 9.71. The van der Waals surface area contributed by atoms with Crippen LogP contribution in [0.25, 0.3) is 11.2 Å². The van der Waals surface area contributed by atoms with E-state index in [1.807, 2.05) is 41.0 Å². The second-order valence-electron chi connectivity index (χ2n) is 11.6. The Morgan fingerprint density at radius 3 is 2.20 bits per heavy atom. The van der Waals surface area contributed by atoms with Crippen molar-refractivity contribution >= 4 is 53.7 Å². The number of aliphatic hydroxyl groups excluding tert-OH is 2. The van der Waals surface area contributed by atoms with Crippen LogP contribution in [-0.2, 0) is 4.79 Å². The molecular formula is C32H42Cl2N8O3. The van der Waals surface area contributed by atoms with Crippen LogP contribution in [0.3, 0.4) is 0 Å². The lowest BCUT2D eigenvalue weighted by Gasteiger charge is -2.30. The predicted molar refractivity (Wildman–Crippen MR) is 180 cm³/mol. The topological polar surface area (TPSA) is 154 Å². The fraction of sp³-hybridized carbons (Fsp3) is 0.438. The molecule has 0 unspecified atom stereocenters. The number of fused-ring (bicyclic) bond motifs is 1. The van der Waals surface area contributed by atoms with Gasteiger partial charge in [0.2, 0.25) is 11.9 Å². The molecule has 13 heteroatoms. The number of carbonyl (C=O) groups excluding carboxylic acids is 1. The molecule has 45 heavy (non-hydrogen) atoms. The lowest BCUT2D eigenvalue weighted by atomic mass is 9.91. The standard InChI is InChI=1S/C32H40N8O3.2ClH/c1-2-26(41)36-24-17-25(29(43)28(24)42)40-19-35-27-30(37-32(38-31(27)40)39-15-13-22(33)14-16-39)34-18-23(20-9-5-3-6-10-20)21-11-7-4-8-12-21;;/h3-12,19,22-25,28-29,42-43H,2,13-18,33H2,1H3,(H,36,41)(H,34,37,38);2*1H/t24-,25+,28+,29-;;/m0../s1. The summed E-state index contributed by atoms with van der Waals surface area (Å²) in [7, 11) is 0. The Kier molecular flexibility index (Phi) is 11.6. The van der Waals surface area contributed by atoms with Crippen molar-refractivity contribution in [2.24, 2.45) is 5.73 Å². The number of carbonyl (C=O) groups is 1. The average Bonchev–Trinajstić information content (AvgIpc) is 3.58. The molecule has 6 rings (SSSR count). The molecule has 6 N–H and O–H groups in total. The number of hydrogen-bond donors (Lipinski definition) is 5. The highest BCUT2D eigenvalue weighted by Gasteiger charge is 2.43. The molecule has 242 valence electrons. The van der Waals surface area contributed by atoms with Crippen LogP contribution in [0.1, 0.15) is 55.7 Å². The maximum atomic E-state index is 12.1. The van der Waals surface area contributed by atoms with Crippen LogP contribution in [-0.4, -0.2) is 79.6 Å². The molecule has 2 fully saturated rings. The van der Waals surface area contributed by atoms with Crippen molar-refractivity contribution in [3.05, 3.63) is 78.1 Å². The number of anilines is 2. The number of nitrogens with zero attached hydrogens (tertiary/aromatic N) is 5. The first-order valence-electron chi connectivity index (χ1n) is 15.2. The molecule has 0 radical (unpaired) electrons. The molecule has 2 aromatic carbocycles. The lowest BCUT2D eigenvalue weighted by molar-refractivity contribution is -0.122. The Morgan fingerprint density at radius 1 is 0.978 bits per heavy atom. The van der Waals surface area contributed by atoms with Gasteiger partial charge in [0.15, 0.2) is 17.0 Å². The molecule has 4 atom stereocenters. The minimum Gasteiger partial charge on any atom is -0.388 e. The van der Waals surface area contributed by atoms with Gasteiger partial charge >= 0.3 is 0 Å². The predicted octanol–water partition coefficient (Wildman–Crippen LogP) is 3.40. The molecule has 1 amide bonds. The zero-order valence-corrected chi connectivity index (χ0v) is 26.8. The largest absolute Gasteiger partial charge is 0.388 e. The van der Waals surface area contributed by atoms with E-state index in [4.69, 9.17) is 20.7 Å². The van der Waals surface area contributed by atoms with E-state index < -0.39 is 24.3 Å². The zero-order valence-electron chi connectivity index (χ0n) is 25.2. The summed E-state index contributed by atoms with van der Waals surface area (Å²) in [6.07, 6.45) is 1.80. The quantitative estimate of drug-likeness (QED) is 0.182. The van der Waals surface area contributed by atoms with Gasteiger partial charge in [-0.25, -0.2) is 4.98 Å². The smallest absolute Gasteiger partial charge is 0.229 e. The number of nitrogens with two attached hydrogens (primary N) is 1. The van der Waals surface area contributed by atoms with E-state index in [0.29, 0.717) is 42.3 Å². The molecule has 2 aliphatic rings. The number of hydrogen-bond acceptors (Lipinski definition) is 9. The highest BCUT2D eigenvalue weighted by molar-refractivity contribution is 5.86. The summed E-state index contributed by atoms with van der Waals surface area (Å²) >= 11 is 0. The fourth-order valence-electron chi connectivity index (χ4n) is 6.25. The van der Waals surface area contributed by atoms with Gasteiger partial charge < -0.3 is 36.0 Å². The van der Waals surface area contributed by atoms with Gasteiger partial charge in [-0.3, -0.25) is 4.79 Å². The van der Waals surface area contributed by atoms with Crippen molar-refractivity contribution in [3.63, 3.8) is 0 Å². The Hall–Kier alpha value is -3.48. The summed E-state index contributed by atoms with van der Waals surface area (Å²) in [5.74, 6) is 1.08. The highest BCUT2D eigenvalue weighted by Crippen LogP contribution is 2.35. The van der Waals surface area contributed by atoms with Gasteiger partial charge in [-0.05, 0) is 30.4 Å². The Bertz CT molecular complexity index is 1500. The van der Waals surface area contributed by atoms with Gasteiger partial charge in [-0.15, -0.1) is 24.8 Å². The van der Waals surface area contributed by atoms with Crippen LogP contribution < -0.4 is 21.3 Å². The third kappa shape index (κ3) is 7.34. The number of nitrogens with one attached hydrogen (secondary N) is 2. The van der Waals surface area contributed by atoms with Gasteiger partial charge in [-0.1, -0.05) is 67.6 Å². The third-order valence-electron chi connectivity index (χ3n) is 8.79. The van der Waals surface area contributed by atoms with E-state index in [0.717, 1.165) is 25.9 Å². The lowest BCUT2D eigenvalue weighted by Crippen LogP contribution is -2.42. The van der Waals surface area contributed by atoms with Crippen molar-refractivity contribution in [3.8, 4) is 0 Å². The van der Waals surface area contributed by atoms with Crippen LogP contribution in [0.4, 0.5) is 11.8 Å². The molecule has 1 saturated carbocycles. The number of amides is 1. The number of halogens is 2. The van der Waals surface area contributed by atoms with Crippen molar-refractivity contribution in [1.29, 1.82) is 0 Å². The fourth-order valence-corrected chi connectivity index (χ4v) is 6.25. The summed E-state index contributed by atoms with van der Waals surface area (Å²) in [5, 5.41) is 28.3. The van der Waals surface area contributed by atoms with Crippen LogP contribution in [0, 0.1) is 0 Å². The van der Waals surface area contributed by atoms with Gasteiger partial charge in [-0.2, -0.15) is 9.97 Å². The second kappa shape index (κ2) is 15.2. The minimum atomic E-state index is -1.10. The summed E-state index contributed by atoms with van der Waals surface area (Å²) in [6, 6.07) is 19.8. The Balaban J connectivity index is 0.00000230. The van der Waals surface area contributed by atoms with E-state index in [1.165, 1.54) is 11.1 Å². The van der Waals surface area contributed by atoms with Crippen molar-refractivity contribution in [2.45, 2.75) is 68.9 Å². The number of imidazole rings is 1. The van der Waals surface area contributed by atoms with Gasteiger partial charge in [0.05, 0.1) is 18.4 Å². The van der Waals surface area contributed by atoms with E-state index in [9.17, 15) is 15.0 Å². The molecule has 2 aromatic heterocycles. The number of benzene rings is 2. The Morgan fingerprint density at radius 2 is 1.60 bits per heavy atom. The van der Waals surface area contributed by atoms with E-state index in [2.05, 4.69) is 39.8 Å². The molecule has 11 nitrogen and oxygen atoms in total. The van der Waals surface area contributed by atoms with Crippen LogP contribution in [0.5, 0.6) is 0 Å². The molecule has 0 bridgehead atoms. The zero-order chi connectivity index (χ0) is 29.9. The van der Waals surface area contributed by atoms with Crippen LogP contribution in [0.15, 0.2) is 67.0 Å². The first-order valence-corrected chi connectivity index (χ1v) is 15.2. The van der Waals surface area contributed by atoms with Gasteiger partial charge in [0, 0.05) is 38.0 Å². The van der Waals surface area contributed by atoms with Gasteiger partial charge in [0.1, 0.15) is 12.2 Å². The number of rotatable bonds is 9. The third-order valence-corrected chi connectivity index (χ3v) is 8.79. The number of aliphatic hydroxyl groups is 2. The van der Waals surface area contributed by atoms with Crippen molar-refractivity contribution in [1.82, 2.24) is 24.8 Å². The second-order valence-corrected chi connectivity index (χ2v) is 11.6. The maximum Gasteiger partial charge on any atom is 0.229 e. The monoisotopic (exact) mass is 656 g/mol. The van der Waals surface area contributed by atoms with Crippen LogP contribution in [0.2, 0.25) is 0 Å². The SMILES string of the molecule is CCC(=O)N[C@H]1C[C@@H](n2cnc3c(NCC(c4ccccc4)c4ccccc4)nc(N4CCC(N)CC4)nc32)[C@H](O)[C@@H]1O.Cl.Cl. The molecular weight excluding hydrogens is 615 g/mol. The summed E-state index contributed by atoms with van der Waals surface area (Å²) < 4.78 is 1.82. The summed E-state index contributed by atoms with van der Waals surface area (Å²) in [6.45, 7) is 3.82. The first-order chi connectivity index (χ1) is 20.9. The first kappa shape index (κ1) is 34.4. The molecule has 1 aliphatic carbocycles.